The number of fused-ring (bicyclic) bond motifs is 2. The molecule has 3 fully saturated rings. The smallest absolute Gasteiger partial charge is 0.339 e. The van der Waals surface area contributed by atoms with Gasteiger partial charge in [-0.25, -0.2) is 10.3 Å². The minimum absolute atomic E-state index is 0.0362. The lowest BCUT2D eigenvalue weighted by Gasteiger charge is -2.29. The van der Waals surface area contributed by atoms with Crippen molar-refractivity contribution < 1.29 is 23.8 Å². The first kappa shape index (κ1) is 19.7. The van der Waals surface area contributed by atoms with Gasteiger partial charge in [-0.2, -0.15) is 5.06 Å². The van der Waals surface area contributed by atoms with E-state index in [2.05, 4.69) is 29.0 Å². The number of urea groups is 1. The topological polar surface area (TPSA) is 94.7 Å². The second-order valence-corrected chi connectivity index (χ2v) is 7.58. The minimum Gasteiger partial charge on any atom is -0.339 e. The van der Waals surface area contributed by atoms with E-state index >= 15 is 0 Å². The van der Waals surface area contributed by atoms with Gasteiger partial charge in [0.15, 0.2) is 6.61 Å². The first-order valence-electron chi connectivity index (χ1n) is 8.67. The van der Waals surface area contributed by atoms with E-state index < -0.39 is 11.9 Å². The predicted molar refractivity (Wildman–Crippen MR) is 98.1 cm³/mol. The van der Waals surface area contributed by atoms with Gasteiger partial charge in [0.2, 0.25) is 0 Å². The molecule has 3 heterocycles. The standard InChI is InChI=1S/C14H25N5O5P2/c20-12(16-4-1-5-17(25)7-6-16)9-23-15-13(21)11-3-2-10-8-18(11)14(22)19(10)24-26/h10-11H,1-9,25-26H2,(H,15,21)/t10-,11-/m0/s1. The maximum absolute atomic E-state index is 12.4. The van der Waals surface area contributed by atoms with Crippen LogP contribution in [0.25, 0.3) is 0 Å². The van der Waals surface area contributed by atoms with Crippen molar-refractivity contribution >= 4 is 36.7 Å². The van der Waals surface area contributed by atoms with Gasteiger partial charge in [0.25, 0.3) is 11.8 Å². The van der Waals surface area contributed by atoms with Gasteiger partial charge in [0.1, 0.15) is 6.04 Å². The third-order valence-corrected chi connectivity index (χ3v) is 5.73. The Morgan fingerprint density at radius 3 is 2.77 bits per heavy atom. The zero-order valence-corrected chi connectivity index (χ0v) is 16.8. The Kier molecular flexibility index (Phi) is 6.64. The molecule has 4 amide bonds. The molecule has 0 aromatic carbocycles. The summed E-state index contributed by atoms with van der Waals surface area (Å²) in [7, 11) is 4.71. The molecule has 0 spiro atoms. The Morgan fingerprint density at radius 1 is 1.19 bits per heavy atom. The van der Waals surface area contributed by atoms with Crippen molar-refractivity contribution in [3.63, 3.8) is 0 Å². The highest BCUT2D eigenvalue weighted by Gasteiger charge is 2.47. The van der Waals surface area contributed by atoms with Crippen LogP contribution in [0.5, 0.6) is 0 Å². The number of amides is 4. The van der Waals surface area contributed by atoms with Crippen molar-refractivity contribution in [1.82, 2.24) is 25.0 Å². The molecule has 2 bridgehead atoms. The van der Waals surface area contributed by atoms with E-state index in [1.54, 1.807) is 4.90 Å². The number of nitrogens with zero attached hydrogens (tertiary/aromatic N) is 4. The van der Waals surface area contributed by atoms with Crippen LogP contribution in [0.3, 0.4) is 0 Å². The van der Waals surface area contributed by atoms with Crippen LogP contribution >= 0.6 is 18.9 Å². The summed E-state index contributed by atoms with van der Waals surface area (Å²) < 4.78 is 7.10. The lowest BCUT2D eigenvalue weighted by Crippen LogP contribution is -2.50. The van der Waals surface area contributed by atoms with Gasteiger partial charge in [0.05, 0.1) is 6.04 Å². The van der Waals surface area contributed by atoms with E-state index in [0.717, 1.165) is 19.5 Å². The van der Waals surface area contributed by atoms with Gasteiger partial charge < -0.3 is 9.80 Å². The van der Waals surface area contributed by atoms with E-state index in [4.69, 9.17) is 9.46 Å². The molecule has 4 atom stereocenters. The maximum atomic E-state index is 12.4. The molecule has 0 aromatic heterocycles. The summed E-state index contributed by atoms with van der Waals surface area (Å²) in [6, 6.07) is -0.973. The van der Waals surface area contributed by atoms with Gasteiger partial charge >= 0.3 is 6.03 Å². The molecule has 0 radical (unpaired) electrons. The van der Waals surface area contributed by atoms with Gasteiger partial charge in [-0.15, -0.1) is 0 Å². The molecule has 3 aliphatic rings. The highest BCUT2D eigenvalue weighted by Crippen LogP contribution is 2.30. The quantitative estimate of drug-likeness (QED) is 0.483. The molecular weight excluding hydrogens is 380 g/mol. The number of hydrogen-bond acceptors (Lipinski definition) is 6. The zero-order valence-electron chi connectivity index (χ0n) is 14.5. The Labute approximate surface area is 156 Å². The fraction of sp³-hybridized carbons (Fsp3) is 0.786. The molecule has 1 N–H and O–H groups in total. The maximum Gasteiger partial charge on any atom is 0.345 e. The van der Waals surface area contributed by atoms with E-state index in [1.165, 1.54) is 9.96 Å². The summed E-state index contributed by atoms with van der Waals surface area (Å²) in [5.74, 6) is -0.573. The molecule has 0 aliphatic carbocycles. The van der Waals surface area contributed by atoms with Crippen LogP contribution < -0.4 is 5.48 Å². The Morgan fingerprint density at radius 2 is 2.00 bits per heavy atom. The monoisotopic (exact) mass is 405 g/mol. The van der Waals surface area contributed by atoms with Crippen molar-refractivity contribution in [3.8, 4) is 0 Å². The molecule has 0 aromatic rings. The highest BCUT2D eigenvalue weighted by atomic mass is 31.0. The van der Waals surface area contributed by atoms with Crippen LogP contribution in [0, 0.1) is 0 Å². The summed E-state index contributed by atoms with van der Waals surface area (Å²) in [5, 5.41) is 1.27. The van der Waals surface area contributed by atoms with Gasteiger partial charge in [-0.05, 0) is 19.3 Å². The normalized spacial score (nSPS) is 26.8. The van der Waals surface area contributed by atoms with Crippen LogP contribution in [0.1, 0.15) is 19.3 Å². The molecule has 26 heavy (non-hydrogen) atoms. The van der Waals surface area contributed by atoms with Crippen molar-refractivity contribution in [2.45, 2.75) is 31.3 Å². The number of nitrogens with one attached hydrogen (secondary N) is 1. The summed E-state index contributed by atoms with van der Waals surface area (Å²) in [6.45, 7) is 3.26. The molecule has 12 heteroatoms. The number of carbonyl (C=O) groups is 3. The summed E-state index contributed by atoms with van der Waals surface area (Å²) >= 11 is 0. The van der Waals surface area contributed by atoms with Crippen molar-refractivity contribution in [3.05, 3.63) is 0 Å². The zero-order chi connectivity index (χ0) is 18.7. The lowest BCUT2D eigenvalue weighted by molar-refractivity contribution is -0.147. The SMILES string of the molecule is O=C(NOCC(=O)N1CCCN(P)CC1)[C@@H]1CC[C@H]2CN1C(=O)N2OP. The van der Waals surface area contributed by atoms with E-state index in [-0.39, 0.29) is 24.6 Å². The van der Waals surface area contributed by atoms with Crippen molar-refractivity contribution in [2.75, 3.05) is 39.3 Å². The third-order valence-electron chi connectivity index (χ3n) is 4.99. The van der Waals surface area contributed by atoms with Crippen LogP contribution in [-0.2, 0) is 19.1 Å². The second-order valence-electron chi connectivity index (χ2n) is 6.64. The molecule has 146 valence electrons. The fourth-order valence-corrected chi connectivity index (χ4v) is 4.12. The van der Waals surface area contributed by atoms with Crippen LogP contribution in [0.15, 0.2) is 0 Å². The van der Waals surface area contributed by atoms with E-state index in [1.807, 2.05) is 0 Å². The van der Waals surface area contributed by atoms with Crippen molar-refractivity contribution in [2.24, 2.45) is 0 Å². The fourth-order valence-electron chi connectivity index (χ4n) is 3.56. The van der Waals surface area contributed by atoms with Gasteiger partial charge in [-0.3, -0.25) is 23.7 Å². The lowest BCUT2D eigenvalue weighted by atomic mass is 10.0. The first-order chi connectivity index (χ1) is 12.5. The summed E-state index contributed by atoms with van der Waals surface area (Å²) in [6.07, 6.45) is 2.10. The molecule has 10 nitrogen and oxygen atoms in total. The molecule has 2 unspecified atom stereocenters. The van der Waals surface area contributed by atoms with Crippen LogP contribution in [0.4, 0.5) is 4.79 Å². The highest BCUT2D eigenvalue weighted by molar-refractivity contribution is 7.13. The molecule has 3 aliphatic heterocycles. The Balaban J connectivity index is 1.44. The minimum atomic E-state index is -0.608. The second kappa shape index (κ2) is 8.76. The number of carbonyl (C=O) groups excluding carboxylic acids is 3. The average molecular weight is 405 g/mol. The van der Waals surface area contributed by atoms with Crippen LogP contribution in [0.2, 0.25) is 0 Å². The predicted octanol–water partition coefficient (Wildman–Crippen LogP) is -0.651. The molecule has 3 rings (SSSR count). The van der Waals surface area contributed by atoms with E-state index in [0.29, 0.717) is 32.5 Å². The summed E-state index contributed by atoms with van der Waals surface area (Å²) in [5.41, 5.74) is 2.32. The van der Waals surface area contributed by atoms with Crippen LogP contribution in [-0.4, -0.2) is 88.8 Å². The number of piperidine rings is 1. The summed E-state index contributed by atoms with van der Waals surface area (Å²) in [4.78, 5) is 45.1. The largest absolute Gasteiger partial charge is 0.345 e. The Bertz CT molecular complexity index is 568. The number of hydroxylamine groups is 3. The Hall–Kier alpha value is -1.05. The molecule has 0 saturated carbocycles. The van der Waals surface area contributed by atoms with Gasteiger partial charge in [-0.1, -0.05) is 9.39 Å². The van der Waals surface area contributed by atoms with E-state index in [9.17, 15) is 14.4 Å². The molecule has 3 saturated heterocycles. The first-order valence-corrected chi connectivity index (χ1v) is 9.65. The average Bonchev–Trinajstić information content (AvgIpc) is 2.77. The number of hydrogen-bond donors (Lipinski definition) is 1. The van der Waals surface area contributed by atoms with Gasteiger partial charge in [0, 0.05) is 42.2 Å². The molecular formula is C14H25N5O5P2. The van der Waals surface area contributed by atoms with Crippen molar-refractivity contribution in [1.29, 1.82) is 0 Å². The third kappa shape index (κ3) is 4.26. The number of rotatable bonds is 5.